The first-order valence-electron chi connectivity index (χ1n) is 8.58. The van der Waals surface area contributed by atoms with Crippen molar-refractivity contribution in [2.24, 2.45) is 26.8 Å². The van der Waals surface area contributed by atoms with E-state index in [1.54, 1.807) is 30.6 Å². The molecule has 0 fully saturated rings. The van der Waals surface area contributed by atoms with Gasteiger partial charge < -0.3 is 11.5 Å². The summed E-state index contributed by atoms with van der Waals surface area (Å²) in [6.07, 6.45) is 3.31. The molecule has 3 rings (SSSR count). The minimum absolute atomic E-state index is 0. The van der Waals surface area contributed by atoms with Crippen molar-refractivity contribution < 1.29 is 0 Å². The van der Waals surface area contributed by atoms with Crippen molar-refractivity contribution in [3.05, 3.63) is 87.9 Å². The van der Waals surface area contributed by atoms with Crippen LogP contribution in [0.5, 0.6) is 0 Å². The van der Waals surface area contributed by atoms with Crippen molar-refractivity contribution in [1.82, 2.24) is 0 Å². The highest BCUT2D eigenvalue weighted by molar-refractivity contribution is 6.36. The Hall–Kier alpha value is -3.06. The zero-order chi connectivity index (χ0) is 20.6. The fourth-order valence-corrected chi connectivity index (χ4v) is 2.89. The number of benzene rings is 3. The van der Waals surface area contributed by atoms with Crippen LogP contribution in [0.25, 0.3) is 11.1 Å². The molecular formula is C21H19Cl3N6. The Bertz CT molecular complexity index is 1060. The number of rotatable bonds is 6. The van der Waals surface area contributed by atoms with Crippen LogP contribution >= 0.6 is 35.6 Å². The third-order valence-corrected chi connectivity index (χ3v) is 4.41. The van der Waals surface area contributed by atoms with E-state index in [0.717, 1.165) is 22.3 Å². The molecule has 154 valence electrons. The van der Waals surface area contributed by atoms with Crippen LogP contribution in [0.3, 0.4) is 0 Å². The van der Waals surface area contributed by atoms with Crippen LogP contribution in [0.1, 0.15) is 11.1 Å². The first kappa shape index (κ1) is 23.2. The van der Waals surface area contributed by atoms with Gasteiger partial charge in [0.1, 0.15) is 0 Å². The molecule has 9 heteroatoms. The molecule has 3 aromatic rings. The molecule has 0 saturated carbocycles. The average molecular weight is 462 g/mol. The predicted molar refractivity (Wildman–Crippen MR) is 130 cm³/mol. The molecule has 0 aliphatic carbocycles. The van der Waals surface area contributed by atoms with Crippen molar-refractivity contribution in [2.45, 2.75) is 0 Å². The maximum Gasteiger partial charge on any atom is 0.211 e. The molecule has 0 atom stereocenters. The van der Waals surface area contributed by atoms with Crippen molar-refractivity contribution in [3.8, 4) is 11.1 Å². The van der Waals surface area contributed by atoms with Crippen LogP contribution in [0.15, 0.2) is 82.0 Å². The van der Waals surface area contributed by atoms with E-state index in [0.29, 0.717) is 15.7 Å². The van der Waals surface area contributed by atoms with Gasteiger partial charge in [0, 0.05) is 5.02 Å². The topological polar surface area (TPSA) is 101 Å². The first-order valence-corrected chi connectivity index (χ1v) is 9.33. The van der Waals surface area contributed by atoms with E-state index in [-0.39, 0.29) is 18.4 Å². The van der Waals surface area contributed by atoms with Crippen LogP contribution in [-0.2, 0) is 0 Å². The van der Waals surface area contributed by atoms with Gasteiger partial charge in [0.2, 0.25) is 5.96 Å². The Morgan fingerprint density at radius 2 is 1.37 bits per heavy atom. The van der Waals surface area contributed by atoms with Gasteiger partial charge in [-0.15, -0.1) is 17.5 Å². The molecule has 0 bridgehead atoms. The zero-order valence-corrected chi connectivity index (χ0v) is 18.0. The molecule has 0 aliphatic rings. The maximum atomic E-state index is 6.11. The van der Waals surface area contributed by atoms with Gasteiger partial charge in [-0.25, -0.2) is 0 Å². The highest BCUT2D eigenvalue weighted by Crippen LogP contribution is 2.25. The number of guanidine groups is 1. The normalized spacial score (nSPS) is 10.7. The van der Waals surface area contributed by atoms with Crippen LogP contribution in [-0.4, -0.2) is 18.4 Å². The third-order valence-electron chi connectivity index (χ3n) is 3.86. The fraction of sp³-hybridized carbons (Fsp3) is 0. The molecule has 3 aromatic carbocycles. The van der Waals surface area contributed by atoms with Crippen LogP contribution in [0.4, 0.5) is 5.69 Å². The standard InChI is InChI=1S/C21H18Cl2N6.ClH/c22-18-9-10-20(19(23)11-18)28-26-12-14-1-5-16(6-2-14)17-7-3-15(4-8-17)13-27-29-21(24)25;/h1-13,28H,(H4,24,25,29);1H/b26-12+,27-13?;. The Balaban J connectivity index is 0.00000320. The molecule has 5 N–H and O–H groups in total. The van der Waals surface area contributed by atoms with Crippen LogP contribution in [0, 0.1) is 0 Å². The van der Waals surface area contributed by atoms with E-state index in [4.69, 9.17) is 34.7 Å². The van der Waals surface area contributed by atoms with Crippen molar-refractivity contribution in [2.75, 3.05) is 5.43 Å². The second-order valence-corrected chi connectivity index (χ2v) is 6.85. The number of hydrogen-bond donors (Lipinski definition) is 3. The molecule has 0 heterocycles. The summed E-state index contributed by atoms with van der Waals surface area (Å²) in [4.78, 5) is 0. The van der Waals surface area contributed by atoms with E-state index >= 15 is 0 Å². The minimum atomic E-state index is -0.0760. The summed E-state index contributed by atoms with van der Waals surface area (Å²) in [7, 11) is 0. The first-order chi connectivity index (χ1) is 14.0. The Kier molecular flexibility index (Phi) is 8.68. The second-order valence-electron chi connectivity index (χ2n) is 6.01. The number of halogens is 3. The third kappa shape index (κ3) is 6.77. The second kappa shape index (κ2) is 11.2. The molecule has 0 aromatic heterocycles. The Morgan fingerprint density at radius 3 is 1.90 bits per heavy atom. The molecule has 0 saturated heterocycles. The lowest BCUT2D eigenvalue weighted by molar-refractivity contribution is 1.21. The summed E-state index contributed by atoms with van der Waals surface area (Å²) >= 11 is 12.0. The summed E-state index contributed by atoms with van der Waals surface area (Å²) in [6, 6.07) is 21.1. The van der Waals surface area contributed by atoms with Crippen molar-refractivity contribution >= 4 is 59.7 Å². The van der Waals surface area contributed by atoms with Gasteiger partial charge >= 0.3 is 0 Å². The predicted octanol–water partition coefficient (Wildman–Crippen LogP) is 5.14. The number of nitrogens with one attached hydrogen (secondary N) is 1. The summed E-state index contributed by atoms with van der Waals surface area (Å²) in [6.45, 7) is 0. The van der Waals surface area contributed by atoms with Crippen LogP contribution in [0.2, 0.25) is 10.0 Å². The van der Waals surface area contributed by atoms with E-state index in [2.05, 4.69) is 20.7 Å². The smallest absolute Gasteiger partial charge is 0.211 e. The fourth-order valence-electron chi connectivity index (χ4n) is 2.44. The van der Waals surface area contributed by atoms with E-state index in [1.807, 2.05) is 48.5 Å². The Labute approximate surface area is 190 Å². The van der Waals surface area contributed by atoms with E-state index in [9.17, 15) is 0 Å². The molecule has 30 heavy (non-hydrogen) atoms. The molecule has 0 spiro atoms. The van der Waals surface area contributed by atoms with Gasteiger partial charge in [0.15, 0.2) is 0 Å². The summed E-state index contributed by atoms with van der Waals surface area (Å²) < 4.78 is 0. The number of nitrogens with two attached hydrogens (primary N) is 2. The van der Waals surface area contributed by atoms with Crippen molar-refractivity contribution in [1.29, 1.82) is 0 Å². The summed E-state index contributed by atoms with van der Waals surface area (Å²) in [5, 5.41) is 12.7. The lowest BCUT2D eigenvalue weighted by Gasteiger charge is -2.04. The monoisotopic (exact) mass is 460 g/mol. The quantitative estimate of drug-likeness (QED) is 0.269. The number of anilines is 1. The van der Waals surface area contributed by atoms with E-state index < -0.39 is 0 Å². The van der Waals surface area contributed by atoms with Gasteiger partial charge in [0.05, 0.1) is 23.1 Å². The van der Waals surface area contributed by atoms with Crippen LogP contribution < -0.4 is 16.9 Å². The molecular weight excluding hydrogens is 443 g/mol. The summed E-state index contributed by atoms with van der Waals surface area (Å²) in [5.41, 5.74) is 18.1. The maximum absolute atomic E-state index is 6.11. The van der Waals surface area contributed by atoms with Gasteiger partial charge in [-0.2, -0.15) is 10.2 Å². The van der Waals surface area contributed by atoms with Gasteiger partial charge in [-0.3, -0.25) is 5.43 Å². The van der Waals surface area contributed by atoms with Gasteiger partial charge in [-0.05, 0) is 40.5 Å². The van der Waals surface area contributed by atoms with Crippen molar-refractivity contribution in [3.63, 3.8) is 0 Å². The average Bonchev–Trinajstić information content (AvgIpc) is 2.70. The zero-order valence-electron chi connectivity index (χ0n) is 15.7. The Morgan fingerprint density at radius 1 is 0.800 bits per heavy atom. The molecule has 0 radical (unpaired) electrons. The van der Waals surface area contributed by atoms with Gasteiger partial charge in [-0.1, -0.05) is 71.7 Å². The lowest BCUT2D eigenvalue weighted by atomic mass is 10.0. The largest absolute Gasteiger partial charge is 0.369 e. The molecule has 6 nitrogen and oxygen atoms in total. The van der Waals surface area contributed by atoms with Gasteiger partial charge in [0.25, 0.3) is 0 Å². The SMILES string of the molecule is Cl.NC(N)=NN=Cc1ccc(-c2ccc(/C=N/Nc3ccc(Cl)cc3Cl)cc2)cc1. The molecule has 0 unspecified atom stereocenters. The van der Waals surface area contributed by atoms with E-state index in [1.165, 1.54) is 0 Å². The highest BCUT2D eigenvalue weighted by Gasteiger charge is 2.00. The number of hydrazone groups is 1. The number of nitrogens with zero attached hydrogens (tertiary/aromatic N) is 3. The number of hydrogen-bond acceptors (Lipinski definition) is 4. The summed E-state index contributed by atoms with van der Waals surface area (Å²) in [5.74, 6) is -0.0760. The molecule has 0 amide bonds. The lowest BCUT2D eigenvalue weighted by Crippen LogP contribution is -2.21. The molecule has 0 aliphatic heterocycles. The highest BCUT2D eigenvalue weighted by atomic mass is 35.5. The minimum Gasteiger partial charge on any atom is -0.369 e.